The molecular formula is C24H34N2O6S. The van der Waals surface area contributed by atoms with Crippen LogP contribution in [0, 0.1) is 11.8 Å². The molecule has 1 N–H and O–H groups in total. The number of imide groups is 1. The van der Waals surface area contributed by atoms with Crippen molar-refractivity contribution in [3.8, 4) is 5.75 Å². The molecule has 9 heteroatoms. The Kier molecular flexibility index (Phi) is 9.05. The maximum atomic E-state index is 13.1. The number of nitrogens with zero attached hydrogens (tertiary/aromatic N) is 1. The third kappa shape index (κ3) is 7.65. The van der Waals surface area contributed by atoms with Gasteiger partial charge in [0.1, 0.15) is 12.5 Å². The predicted molar refractivity (Wildman–Crippen MR) is 125 cm³/mol. The van der Waals surface area contributed by atoms with Crippen molar-refractivity contribution in [2.24, 2.45) is 11.8 Å². The van der Waals surface area contributed by atoms with Crippen LogP contribution in [0.15, 0.2) is 36.4 Å². The Bertz CT molecular complexity index is 957. The molecule has 1 heterocycles. The summed E-state index contributed by atoms with van der Waals surface area (Å²) in [5.74, 6) is 0.585. The lowest BCUT2D eigenvalue weighted by atomic mass is 9.95. The van der Waals surface area contributed by atoms with Crippen LogP contribution >= 0.6 is 0 Å². The highest BCUT2D eigenvalue weighted by Crippen LogP contribution is 2.31. The summed E-state index contributed by atoms with van der Waals surface area (Å²) in [6, 6.07) is 7.15. The van der Waals surface area contributed by atoms with E-state index >= 15 is 0 Å². The fraction of sp³-hybridized carbons (Fsp3) is 0.583. The Balaban J connectivity index is 1.56. The van der Waals surface area contributed by atoms with E-state index in [0.29, 0.717) is 38.2 Å². The highest BCUT2D eigenvalue weighted by atomic mass is 32.2. The molecule has 1 aliphatic carbocycles. The van der Waals surface area contributed by atoms with Crippen LogP contribution in [0.2, 0.25) is 0 Å². The maximum Gasteiger partial charge on any atom is 0.229 e. The van der Waals surface area contributed by atoms with Crippen molar-refractivity contribution in [1.82, 2.24) is 9.62 Å². The first-order chi connectivity index (χ1) is 15.8. The van der Waals surface area contributed by atoms with Crippen LogP contribution in [0.25, 0.3) is 0 Å². The number of carbonyl (C=O) groups excluding carboxylic acids is 2. The molecule has 1 aromatic carbocycles. The normalized spacial score (nSPS) is 20.3. The molecule has 1 saturated carbocycles. The smallest absolute Gasteiger partial charge is 0.229 e. The SMILES string of the molecule is COCN([C@H](C)c1cccc(OCC2CC2)c1)S(=O)(=O)CC/C=C/CC1CCC(=O)NC1=O. The van der Waals surface area contributed by atoms with Crippen LogP contribution in [0.5, 0.6) is 5.75 Å². The van der Waals surface area contributed by atoms with Crippen LogP contribution in [-0.2, 0) is 24.3 Å². The van der Waals surface area contributed by atoms with Gasteiger partial charge in [-0.3, -0.25) is 14.9 Å². The van der Waals surface area contributed by atoms with E-state index in [9.17, 15) is 18.0 Å². The second-order valence-corrected chi connectivity index (χ2v) is 10.8. The molecule has 1 saturated heterocycles. The number of carbonyl (C=O) groups is 2. The predicted octanol–water partition coefficient (Wildman–Crippen LogP) is 3.16. The molecule has 0 spiro atoms. The highest BCUT2D eigenvalue weighted by molar-refractivity contribution is 7.89. The van der Waals surface area contributed by atoms with Crippen LogP contribution in [-0.4, -0.2) is 50.7 Å². The topological polar surface area (TPSA) is 102 Å². The number of rotatable bonds is 13. The monoisotopic (exact) mass is 478 g/mol. The first kappa shape index (κ1) is 25.4. The molecule has 33 heavy (non-hydrogen) atoms. The van der Waals surface area contributed by atoms with Gasteiger partial charge in [-0.15, -0.1) is 0 Å². The van der Waals surface area contributed by atoms with E-state index in [0.717, 1.165) is 11.3 Å². The Labute approximate surface area is 196 Å². The van der Waals surface area contributed by atoms with Crippen molar-refractivity contribution < 1.29 is 27.5 Å². The summed E-state index contributed by atoms with van der Waals surface area (Å²) < 4.78 is 38.6. The molecule has 3 rings (SSSR count). The Morgan fingerprint density at radius 1 is 1.21 bits per heavy atom. The molecule has 2 amide bonds. The number of methoxy groups -OCH3 is 1. The quantitative estimate of drug-likeness (QED) is 0.265. The third-order valence-corrected chi connectivity index (χ3v) is 7.94. The fourth-order valence-corrected chi connectivity index (χ4v) is 5.30. The van der Waals surface area contributed by atoms with Crippen molar-refractivity contribution in [3.05, 3.63) is 42.0 Å². The largest absolute Gasteiger partial charge is 0.493 e. The zero-order valence-electron chi connectivity index (χ0n) is 19.4. The molecule has 2 atom stereocenters. The number of amides is 2. The molecule has 1 unspecified atom stereocenters. The minimum atomic E-state index is -3.59. The van der Waals surface area contributed by atoms with Crippen LogP contribution in [0.3, 0.4) is 0 Å². The molecule has 0 bridgehead atoms. The molecule has 182 valence electrons. The van der Waals surface area contributed by atoms with Gasteiger partial charge in [0.2, 0.25) is 21.8 Å². The lowest BCUT2D eigenvalue weighted by Gasteiger charge is -2.28. The molecule has 1 aliphatic heterocycles. The zero-order chi connectivity index (χ0) is 23.8. The first-order valence-corrected chi connectivity index (χ1v) is 13.1. The minimum absolute atomic E-state index is 0.0450. The van der Waals surface area contributed by atoms with E-state index in [1.54, 1.807) is 6.08 Å². The van der Waals surface area contributed by atoms with Crippen molar-refractivity contribution >= 4 is 21.8 Å². The van der Waals surface area contributed by atoms with E-state index in [4.69, 9.17) is 9.47 Å². The Morgan fingerprint density at radius 3 is 2.70 bits per heavy atom. The summed E-state index contributed by atoms with van der Waals surface area (Å²) in [6.45, 7) is 2.50. The van der Waals surface area contributed by atoms with Gasteiger partial charge in [0.05, 0.1) is 12.4 Å². The number of piperidine rings is 1. The molecular weight excluding hydrogens is 444 g/mol. The first-order valence-electron chi connectivity index (χ1n) is 11.5. The number of sulfonamides is 1. The number of hydrogen-bond donors (Lipinski definition) is 1. The summed E-state index contributed by atoms with van der Waals surface area (Å²) >= 11 is 0. The van der Waals surface area contributed by atoms with E-state index in [-0.39, 0.29) is 30.2 Å². The lowest BCUT2D eigenvalue weighted by Crippen LogP contribution is -2.40. The van der Waals surface area contributed by atoms with Gasteiger partial charge < -0.3 is 9.47 Å². The van der Waals surface area contributed by atoms with Gasteiger partial charge in [0, 0.05) is 25.5 Å². The molecule has 1 aromatic rings. The lowest BCUT2D eigenvalue weighted by molar-refractivity contribution is -0.136. The number of allylic oxidation sites excluding steroid dienone is 2. The summed E-state index contributed by atoms with van der Waals surface area (Å²) in [5, 5.41) is 2.33. The van der Waals surface area contributed by atoms with Crippen molar-refractivity contribution in [3.63, 3.8) is 0 Å². The number of nitrogens with one attached hydrogen (secondary N) is 1. The van der Waals surface area contributed by atoms with E-state index in [2.05, 4.69) is 5.32 Å². The Hall–Kier alpha value is -2.23. The standard InChI is InChI=1S/C24H34N2O6S/c1-18(21-8-6-9-22(15-21)32-16-19-10-11-19)26(17-31-2)33(29,30)14-5-3-4-7-20-12-13-23(27)25-24(20)28/h3-4,6,8-9,15,18-20H,5,7,10-14,16-17H2,1-2H3,(H,25,27,28)/b4-3+/t18-,20?/m1/s1. The van der Waals surface area contributed by atoms with Gasteiger partial charge in [-0.05, 0) is 62.6 Å². The average molecular weight is 479 g/mol. The van der Waals surface area contributed by atoms with Crippen molar-refractivity contribution in [1.29, 1.82) is 0 Å². The van der Waals surface area contributed by atoms with E-state index in [1.807, 2.05) is 37.3 Å². The van der Waals surface area contributed by atoms with E-state index < -0.39 is 16.1 Å². The summed E-state index contributed by atoms with van der Waals surface area (Å²) in [6.07, 6.45) is 7.70. The second-order valence-electron chi connectivity index (χ2n) is 8.77. The number of hydrogen-bond acceptors (Lipinski definition) is 6. The van der Waals surface area contributed by atoms with Gasteiger partial charge >= 0.3 is 0 Å². The van der Waals surface area contributed by atoms with Gasteiger partial charge in [-0.2, -0.15) is 4.31 Å². The van der Waals surface area contributed by atoms with Gasteiger partial charge in [-0.25, -0.2) is 8.42 Å². The van der Waals surface area contributed by atoms with Crippen LogP contribution in [0.1, 0.15) is 57.1 Å². The fourth-order valence-electron chi connectivity index (χ4n) is 3.77. The number of ether oxygens (including phenoxy) is 2. The van der Waals surface area contributed by atoms with Gasteiger partial charge in [-0.1, -0.05) is 24.3 Å². The zero-order valence-corrected chi connectivity index (χ0v) is 20.2. The summed E-state index contributed by atoms with van der Waals surface area (Å²) in [5.41, 5.74) is 0.845. The van der Waals surface area contributed by atoms with Gasteiger partial charge in [0.25, 0.3) is 0 Å². The molecule has 2 fully saturated rings. The summed E-state index contributed by atoms with van der Waals surface area (Å²) in [7, 11) is -2.12. The third-order valence-electron chi connectivity index (χ3n) is 6.05. The molecule has 0 aromatic heterocycles. The minimum Gasteiger partial charge on any atom is -0.493 e. The average Bonchev–Trinajstić information content (AvgIpc) is 3.61. The molecule has 2 aliphatic rings. The van der Waals surface area contributed by atoms with Crippen LogP contribution < -0.4 is 10.1 Å². The Morgan fingerprint density at radius 2 is 2.00 bits per heavy atom. The molecule has 0 radical (unpaired) electrons. The van der Waals surface area contributed by atoms with E-state index in [1.165, 1.54) is 24.3 Å². The number of benzene rings is 1. The molecule has 8 nitrogen and oxygen atoms in total. The van der Waals surface area contributed by atoms with Crippen molar-refractivity contribution in [2.45, 2.75) is 51.5 Å². The van der Waals surface area contributed by atoms with Crippen LogP contribution in [0.4, 0.5) is 0 Å². The highest BCUT2D eigenvalue weighted by Gasteiger charge is 2.29. The maximum absolute atomic E-state index is 13.1. The van der Waals surface area contributed by atoms with Gasteiger partial charge in [0.15, 0.2) is 0 Å². The second kappa shape index (κ2) is 11.8. The summed E-state index contributed by atoms with van der Waals surface area (Å²) in [4.78, 5) is 23.0. The van der Waals surface area contributed by atoms with Crippen molar-refractivity contribution in [2.75, 3.05) is 26.2 Å².